The van der Waals surface area contributed by atoms with E-state index in [-0.39, 0.29) is 0 Å². The van der Waals surface area contributed by atoms with E-state index in [1.54, 1.807) is 52.7 Å². The van der Waals surface area contributed by atoms with E-state index in [4.69, 9.17) is 0 Å². The van der Waals surface area contributed by atoms with Crippen molar-refractivity contribution < 1.29 is 22.8 Å². The maximum atomic E-state index is 12.0. The zero-order chi connectivity index (χ0) is 18.3. The van der Waals surface area contributed by atoms with Gasteiger partial charge in [-0.1, -0.05) is 18.2 Å². The minimum absolute atomic E-state index is 0.426. The highest BCUT2D eigenvalue weighted by atomic mass is 19.4. The third kappa shape index (κ3) is 6.53. The van der Waals surface area contributed by atoms with Gasteiger partial charge in [-0.2, -0.15) is 18.3 Å². The first kappa shape index (κ1) is 18.3. The molecule has 0 aliphatic rings. The first-order valence-corrected chi connectivity index (χ1v) is 7.27. The van der Waals surface area contributed by atoms with Crippen LogP contribution in [0, 0.1) is 0 Å². The summed E-state index contributed by atoms with van der Waals surface area (Å²) >= 11 is 0. The third-order valence-electron chi connectivity index (χ3n) is 3.05. The number of amides is 3. The van der Waals surface area contributed by atoms with Gasteiger partial charge < -0.3 is 16.0 Å². The molecule has 25 heavy (non-hydrogen) atoms. The summed E-state index contributed by atoms with van der Waals surface area (Å²) in [6.45, 7) is -1.58. The first-order valence-electron chi connectivity index (χ1n) is 7.27. The molecule has 2 rings (SSSR count). The summed E-state index contributed by atoms with van der Waals surface area (Å²) in [6, 6.07) is 8.05. The smallest absolute Gasteiger partial charge is 0.345 e. The van der Waals surface area contributed by atoms with Crippen LogP contribution in [0.5, 0.6) is 0 Å². The normalized spacial score (nSPS) is 11.0. The van der Waals surface area contributed by atoms with Crippen LogP contribution in [0.4, 0.5) is 23.7 Å². The molecule has 1 aromatic carbocycles. The molecule has 1 aromatic heterocycles. The number of hydrogen-bond donors (Lipinski definition) is 3. The maximum absolute atomic E-state index is 12.0. The Morgan fingerprint density at radius 1 is 1.12 bits per heavy atom. The summed E-state index contributed by atoms with van der Waals surface area (Å²) < 4.78 is 37.6. The molecular formula is C15H16F3N5O2. The monoisotopic (exact) mass is 355 g/mol. The lowest BCUT2D eigenvalue weighted by Gasteiger charge is -2.12. The molecule has 10 heteroatoms. The molecule has 0 fully saturated rings. The number of urea groups is 1. The van der Waals surface area contributed by atoms with Crippen LogP contribution in [-0.2, 0) is 11.3 Å². The summed E-state index contributed by atoms with van der Waals surface area (Å²) in [5, 5.41) is 10.5. The third-order valence-corrected chi connectivity index (χ3v) is 3.05. The molecule has 3 N–H and O–H groups in total. The van der Waals surface area contributed by atoms with Gasteiger partial charge in [0, 0.05) is 18.1 Å². The molecule has 0 spiro atoms. The van der Waals surface area contributed by atoms with Gasteiger partial charge in [0.15, 0.2) is 0 Å². The Balaban J connectivity index is 1.85. The molecule has 0 atom stereocenters. The molecule has 134 valence electrons. The zero-order valence-corrected chi connectivity index (χ0v) is 13.0. The molecule has 7 nitrogen and oxygen atoms in total. The molecule has 0 aliphatic heterocycles. The Morgan fingerprint density at radius 3 is 2.56 bits per heavy atom. The highest BCUT2D eigenvalue weighted by Crippen LogP contribution is 2.16. The number of carbonyl (C=O) groups is 2. The van der Waals surface area contributed by atoms with Gasteiger partial charge in [-0.15, -0.1) is 0 Å². The number of alkyl halides is 3. The fourth-order valence-corrected chi connectivity index (χ4v) is 1.94. The second-order valence-corrected chi connectivity index (χ2v) is 5.06. The average molecular weight is 355 g/mol. The minimum Gasteiger partial charge on any atom is -0.345 e. The zero-order valence-electron chi connectivity index (χ0n) is 13.0. The van der Waals surface area contributed by atoms with Crippen molar-refractivity contribution in [3.63, 3.8) is 0 Å². The standard InChI is InChI=1S/C15H16F3N5O2/c16-15(17,18)10-20-13(24)8-19-14(25)22-12-5-2-1-4-11(12)9-23-7-3-6-21-23/h1-7H,8-10H2,(H,20,24)(H2,19,22,25). The lowest BCUT2D eigenvalue weighted by molar-refractivity contribution is -0.137. The number of para-hydroxylation sites is 1. The Labute approximate surface area is 141 Å². The van der Waals surface area contributed by atoms with E-state index in [1.807, 2.05) is 0 Å². The molecule has 2 aromatic rings. The van der Waals surface area contributed by atoms with E-state index in [2.05, 4.69) is 15.7 Å². The lowest BCUT2D eigenvalue weighted by Crippen LogP contribution is -2.42. The summed E-state index contributed by atoms with van der Waals surface area (Å²) in [5.41, 5.74) is 1.29. The van der Waals surface area contributed by atoms with Crippen molar-refractivity contribution in [3.05, 3.63) is 48.3 Å². The van der Waals surface area contributed by atoms with E-state index in [0.717, 1.165) is 5.56 Å². The number of carbonyl (C=O) groups excluding carboxylic acids is 2. The Hall–Kier alpha value is -3.04. The van der Waals surface area contributed by atoms with Crippen molar-refractivity contribution >= 4 is 17.6 Å². The van der Waals surface area contributed by atoms with E-state index in [9.17, 15) is 22.8 Å². The van der Waals surface area contributed by atoms with E-state index in [1.165, 1.54) is 0 Å². The first-order chi connectivity index (χ1) is 11.8. The molecule has 0 radical (unpaired) electrons. The van der Waals surface area contributed by atoms with Gasteiger partial charge in [-0.3, -0.25) is 9.48 Å². The predicted octanol–water partition coefficient (Wildman–Crippen LogP) is 1.73. The summed E-state index contributed by atoms with van der Waals surface area (Å²) in [6.07, 6.45) is -1.10. The van der Waals surface area contributed by atoms with Crippen molar-refractivity contribution in [1.82, 2.24) is 20.4 Å². The van der Waals surface area contributed by atoms with Gasteiger partial charge in [0.05, 0.1) is 13.1 Å². The van der Waals surface area contributed by atoms with Crippen LogP contribution in [0.2, 0.25) is 0 Å². The minimum atomic E-state index is -4.50. The molecule has 0 bridgehead atoms. The maximum Gasteiger partial charge on any atom is 0.405 e. The molecule has 0 saturated heterocycles. The number of hydrogen-bond acceptors (Lipinski definition) is 3. The van der Waals surface area contributed by atoms with Crippen LogP contribution in [0.3, 0.4) is 0 Å². The SMILES string of the molecule is O=C(CNC(=O)Nc1ccccc1Cn1cccn1)NCC(F)(F)F. The van der Waals surface area contributed by atoms with E-state index < -0.39 is 31.2 Å². The summed E-state index contributed by atoms with van der Waals surface area (Å²) in [7, 11) is 0. The lowest BCUT2D eigenvalue weighted by atomic mass is 10.2. The van der Waals surface area contributed by atoms with Crippen LogP contribution >= 0.6 is 0 Å². The number of halogens is 3. The van der Waals surface area contributed by atoms with Crippen molar-refractivity contribution in [2.24, 2.45) is 0 Å². The van der Waals surface area contributed by atoms with E-state index in [0.29, 0.717) is 12.2 Å². The fraction of sp³-hybridized carbons (Fsp3) is 0.267. The van der Waals surface area contributed by atoms with Crippen LogP contribution in [0.25, 0.3) is 0 Å². The van der Waals surface area contributed by atoms with Gasteiger partial charge >= 0.3 is 12.2 Å². The van der Waals surface area contributed by atoms with Gasteiger partial charge in [-0.05, 0) is 17.7 Å². The number of benzene rings is 1. The summed E-state index contributed by atoms with van der Waals surface area (Å²) in [5.74, 6) is -0.933. The highest BCUT2D eigenvalue weighted by molar-refractivity contribution is 5.92. The molecule has 3 amide bonds. The molecular weight excluding hydrogens is 339 g/mol. The van der Waals surface area contributed by atoms with E-state index >= 15 is 0 Å². The number of nitrogens with one attached hydrogen (secondary N) is 3. The van der Waals surface area contributed by atoms with Gasteiger partial charge in [-0.25, -0.2) is 4.79 Å². The van der Waals surface area contributed by atoms with Gasteiger partial charge in [0.25, 0.3) is 0 Å². The molecule has 0 saturated carbocycles. The number of nitrogens with zero attached hydrogens (tertiary/aromatic N) is 2. The average Bonchev–Trinajstić information content (AvgIpc) is 3.05. The second-order valence-electron chi connectivity index (χ2n) is 5.06. The molecule has 1 heterocycles. The van der Waals surface area contributed by atoms with Crippen molar-refractivity contribution in [3.8, 4) is 0 Å². The van der Waals surface area contributed by atoms with Gasteiger partial charge in [0.1, 0.15) is 6.54 Å². The number of aromatic nitrogens is 2. The fourth-order valence-electron chi connectivity index (χ4n) is 1.94. The molecule has 0 aliphatic carbocycles. The summed E-state index contributed by atoms with van der Waals surface area (Å²) in [4.78, 5) is 23.1. The number of anilines is 1. The molecule has 0 unspecified atom stereocenters. The quantitative estimate of drug-likeness (QED) is 0.737. The van der Waals surface area contributed by atoms with Crippen molar-refractivity contribution in [1.29, 1.82) is 0 Å². The highest BCUT2D eigenvalue weighted by Gasteiger charge is 2.27. The van der Waals surface area contributed by atoms with Crippen LogP contribution in [0.1, 0.15) is 5.56 Å². The number of rotatable bonds is 6. The van der Waals surface area contributed by atoms with Crippen LogP contribution < -0.4 is 16.0 Å². The topological polar surface area (TPSA) is 88.1 Å². The Bertz CT molecular complexity index is 716. The Kier molecular flexibility index (Phi) is 5.98. The van der Waals surface area contributed by atoms with Crippen LogP contribution in [0.15, 0.2) is 42.7 Å². The van der Waals surface area contributed by atoms with Crippen molar-refractivity contribution in [2.45, 2.75) is 12.7 Å². The predicted molar refractivity (Wildman–Crippen MR) is 83.9 cm³/mol. The van der Waals surface area contributed by atoms with Crippen LogP contribution in [-0.4, -0.2) is 41.0 Å². The largest absolute Gasteiger partial charge is 0.405 e. The van der Waals surface area contributed by atoms with Gasteiger partial charge in [0.2, 0.25) is 5.91 Å². The Morgan fingerprint density at radius 2 is 1.88 bits per heavy atom. The van der Waals surface area contributed by atoms with Crippen molar-refractivity contribution in [2.75, 3.05) is 18.4 Å². The second kappa shape index (κ2) is 8.18.